The number of carbonyl (C=O) groups is 1. The molecule has 234 valence electrons. The molecule has 0 atom stereocenters. The fraction of sp³-hybridized carbons (Fsp3) is 0.919. The maximum absolute atomic E-state index is 11.3. The van der Waals surface area contributed by atoms with Gasteiger partial charge < -0.3 is 9.47 Å². The Kier molecular flexibility index (Phi) is 21.0. The highest BCUT2D eigenvalue weighted by atomic mass is 16.5. The summed E-state index contributed by atoms with van der Waals surface area (Å²) in [5.74, 6) is 2.78. The monoisotopic (exact) mass is 561 g/mol. The van der Waals surface area contributed by atoms with Crippen LogP contribution in [0.3, 0.4) is 0 Å². The van der Waals surface area contributed by atoms with Crippen LogP contribution in [-0.4, -0.2) is 25.3 Å². The lowest BCUT2D eigenvalue weighted by Gasteiger charge is -2.38. The Morgan fingerprint density at radius 2 is 1.05 bits per heavy atom. The smallest absolute Gasteiger partial charge is 0.333 e. The third-order valence-electron chi connectivity index (χ3n) is 9.97. The lowest BCUT2D eigenvalue weighted by Crippen LogP contribution is -2.28. The maximum Gasteiger partial charge on any atom is 0.333 e. The molecule has 0 aromatic rings. The molecule has 0 N–H and O–H groups in total. The summed E-state index contributed by atoms with van der Waals surface area (Å²) in [6.45, 7) is 9.10. The van der Waals surface area contributed by atoms with Crippen LogP contribution >= 0.6 is 0 Å². The molecule has 0 radical (unpaired) electrons. The first-order valence-electron chi connectivity index (χ1n) is 18.0. The number of unbranched alkanes of at least 4 members (excludes halogenated alkanes) is 15. The predicted molar refractivity (Wildman–Crippen MR) is 172 cm³/mol. The van der Waals surface area contributed by atoms with Crippen molar-refractivity contribution in [2.75, 3.05) is 13.2 Å². The quantitative estimate of drug-likeness (QED) is 0.0669. The van der Waals surface area contributed by atoms with Crippen molar-refractivity contribution in [1.29, 1.82) is 0 Å². The van der Waals surface area contributed by atoms with E-state index in [1.807, 2.05) is 0 Å². The summed E-state index contributed by atoms with van der Waals surface area (Å²) in [5.41, 5.74) is 0.488. The van der Waals surface area contributed by atoms with Gasteiger partial charge in [-0.2, -0.15) is 0 Å². The molecule has 3 heteroatoms. The highest BCUT2D eigenvalue weighted by molar-refractivity contribution is 5.86. The summed E-state index contributed by atoms with van der Waals surface area (Å²) >= 11 is 0. The van der Waals surface area contributed by atoms with Gasteiger partial charge in [0.15, 0.2) is 0 Å². The van der Waals surface area contributed by atoms with E-state index in [2.05, 4.69) is 13.5 Å². The van der Waals surface area contributed by atoms with E-state index < -0.39 is 0 Å². The average Bonchev–Trinajstić information content (AvgIpc) is 2.97. The largest absolute Gasteiger partial charge is 0.462 e. The van der Waals surface area contributed by atoms with Gasteiger partial charge in [0.2, 0.25) is 0 Å². The topological polar surface area (TPSA) is 35.5 Å². The van der Waals surface area contributed by atoms with Gasteiger partial charge in [-0.25, -0.2) is 4.79 Å². The van der Waals surface area contributed by atoms with E-state index >= 15 is 0 Å². The minimum absolute atomic E-state index is 0.259. The number of hydrogen-bond donors (Lipinski definition) is 0. The van der Waals surface area contributed by atoms with Crippen LogP contribution in [0, 0.1) is 17.8 Å². The Hall–Kier alpha value is -0.830. The van der Waals surface area contributed by atoms with Crippen LogP contribution in [0.2, 0.25) is 0 Å². The molecular formula is C37H68O3. The van der Waals surface area contributed by atoms with E-state index in [0.717, 1.165) is 37.2 Å². The molecule has 0 aliphatic heterocycles. The summed E-state index contributed by atoms with van der Waals surface area (Å²) in [6, 6.07) is 0. The zero-order valence-corrected chi connectivity index (χ0v) is 27.0. The highest BCUT2D eigenvalue weighted by Crippen LogP contribution is 2.41. The van der Waals surface area contributed by atoms with Gasteiger partial charge in [-0.05, 0) is 76.0 Å². The molecule has 2 aliphatic rings. The van der Waals surface area contributed by atoms with Crippen LogP contribution in [0.15, 0.2) is 12.2 Å². The SMILES string of the molecule is C=C(C)C(=O)OCCCCCCCCCOC1CCC(C2CCC(CCCCCCCCCCCC)CC2)CC1. The van der Waals surface area contributed by atoms with Crippen LogP contribution in [-0.2, 0) is 14.3 Å². The zero-order chi connectivity index (χ0) is 28.7. The number of ether oxygens (including phenoxy) is 2. The molecule has 0 bridgehead atoms. The van der Waals surface area contributed by atoms with Crippen LogP contribution in [0.25, 0.3) is 0 Å². The lowest BCUT2D eigenvalue weighted by atomic mass is 9.70. The third kappa shape index (κ3) is 17.2. The van der Waals surface area contributed by atoms with Gasteiger partial charge in [-0.15, -0.1) is 0 Å². The Labute approximate surface area is 250 Å². The predicted octanol–water partition coefficient (Wildman–Crippen LogP) is 11.5. The van der Waals surface area contributed by atoms with Crippen molar-refractivity contribution < 1.29 is 14.3 Å². The van der Waals surface area contributed by atoms with Crippen molar-refractivity contribution >= 4 is 5.97 Å². The maximum atomic E-state index is 11.3. The molecule has 40 heavy (non-hydrogen) atoms. The molecule has 0 aromatic heterocycles. The first-order valence-corrected chi connectivity index (χ1v) is 18.0. The third-order valence-corrected chi connectivity index (χ3v) is 9.97. The van der Waals surface area contributed by atoms with E-state index in [4.69, 9.17) is 9.47 Å². The van der Waals surface area contributed by atoms with Gasteiger partial charge in [0.05, 0.1) is 12.7 Å². The van der Waals surface area contributed by atoms with Crippen molar-refractivity contribution in [1.82, 2.24) is 0 Å². The summed E-state index contributed by atoms with van der Waals surface area (Å²) in [7, 11) is 0. The second-order valence-electron chi connectivity index (χ2n) is 13.6. The van der Waals surface area contributed by atoms with Crippen LogP contribution in [0.4, 0.5) is 0 Å². The second kappa shape index (κ2) is 23.7. The van der Waals surface area contributed by atoms with Crippen LogP contribution in [0.5, 0.6) is 0 Å². The Morgan fingerprint density at radius 1 is 0.600 bits per heavy atom. The molecule has 3 nitrogen and oxygen atoms in total. The van der Waals surface area contributed by atoms with Gasteiger partial charge in [0.1, 0.15) is 0 Å². The van der Waals surface area contributed by atoms with Crippen molar-refractivity contribution in [2.45, 2.75) is 187 Å². The van der Waals surface area contributed by atoms with E-state index in [9.17, 15) is 4.79 Å². The molecule has 0 amide bonds. The molecular weight excluding hydrogens is 492 g/mol. The number of rotatable bonds is 24. The van der Waals surface area contributed by atoms with E-state index in [0.29, 0.717) is 18.3 Å². The molecule has 0 spiro atoms. The molecule has 2 aliphatic carbocycles. The fourth-order valence-electron chi connectivity index (χ4n) is 7.22. The van der Waals surface area contributed by atoms with E-state index in [1.54, 1.807) is 6.92 Å². The van der Waals surface area contributed by atoms with Gasteiger partial charge in [-0.1, -0.05) is 129 Å². The molecule has 2 saturated carbocycles. The summed E-state index contributed by atoms with van der Waals surface area (Å²) in [6.07, 6.45) is 36.5. The number of carbonyl (C=O) groups excluding carboxylic acids is 1. The van der Waals surface area contributed by atoms with E-state index in [1.165, 1.54) is 154 Å². The van der Waals surface area contributed by atoms with Gasteiger partial charge in [-0.3, -0.25) is 0 Å². The second-order valence-corrected chi connectivity index (χ2v) is 13.6. The standard InChI is InChI=1S/C37H68O3/c1-4-5-6-7-8-9-10-12-15-18-21-33-22-24-34(25-23-33)35-26-28-36(29-27-35)39-30-19-16-13-11-14-17-20-31-40-37(38)32(2)3/h33-36H,2,4-31H2,1,3H3. The molecule has 0 saturated heterocycles. The molecule has 0 unspecified atom stereocenters. The Morgan fingerprint density at radius 3 is 1.57 bits per heavy atom. The summed E-state index contributed by atoms with van der Waals surface area (Å²) in [5, 5.41) is 0. The highest BCUT2D eigenvalue weighted by Gasteiger charge is 2.30. The van der Waals surface area contributed by atoms with Gasteiger partial charge in [0, 0.05) is 12.2 Å². The number of esters is 1. The molecule has 0 heterocycles. The Balaban J connectivity index is 1.35. The van der Waals surface area contributed by atoms with Crippen molar-refractivity contribution in [2.24, 2.45) is 17.8 Å². The van der Waals surface area contributed by atoms with Gasteiger partial charge in [0.25, 0.3) is 0 Å². The lowest BCUT2D eigenvalue weighted by molar-refractivity contribution is -0.139. The first kappa shape index (κ1) is 35.4. The van der Waals surface area contributed by atoms with Crippen LogP contribution in [0.1, 0.15) is 181 Å². The average molecular weight is 561 g/mol. The minimum atomic E-state index is -0.259. The van der Waals surface area contributed by atoms with E-state index in [-0.39, 0.29) is 5.97 Å². The molecule has 2 rings (SSSR count). The summed E-state index contributed by atoms with van der Waals surface area (Å²) < 4.78 is 11.4. The normalized spacial score (nSPS) is 23.2. The van der Waals surface area contributed by atoms with Crippen molar-refractivity contribution in [3.63, 3.8) is 0 Å². The van der Waals surface area contributed by atoms with Crippen molar-refractivity contribution in [3.05, 3.63) is 12.2 Å². The molecule has 0 aromatic carbocycles. The fourth-order valence-corrected chi connectivity index (χ4v) is 7.22. The van der Waals surface area contributed by atoms with Crippen molar-refractivity contribution in [3.8, 4) is 0 Å². The molecule has 2 fully saturated rings. The minimum Gasteiger partial charge on any atom is -0.462 e. The zero-order valence-electron chi connectivity index (χ0n) is 27.0. The Bertz CT molecular complexity index is 613. The first-order chi connectivity index (χ1) is 19.6. The number of hydrogen-bond acceptors (Lipinski definition) is 3. The van der Waals surface area contributed by atoms with Gasteiger partial charge >= 0.3 is 5.97 Å². The van der Waals surface area contributed by atoms with Crippen LogP contribution < -0.4 is 0 Å². The summed E-state index contributed by atoms with van der Waals surface area (Å²) in [4.78, 5) is 11.3.